The van der Waals surface area contributed by atoms with Crippen molar-refractivity contribution in [2.45, 2.75) is 46.0 Å². The Morgan fingerprint density at radius 3 is 2.67 bits per heavy atom. The summed E-state index contributed by atoms with van der Waals surface area (Å²) in [6.45, 7) is 6.48. The molecule has 82 valence electrons. The van der Waals surface area contributed by atoms with Crippen molar-refractivity contribution in [1.29, 1.82) is 0 Å². The van der Waals surface area contributed by atoms with Crippen LogP contribution in [0.2, 0.25) is 0 Å². The molecule has 1 aromatic heterocycles. The van der Waals surface area contributed by atoms with Gasteiger partial charge in [-0.25, -0.2) is 4.98 Å². The van der Waals surface area contributed by atoms with E-state index in [4.69, 9.17) is 0 Å². The van der Waals surface area contributed by atoms with Crippen LogP contribution < -0.4 is 5.56 Å². The summed E-state index contributed by atoms with van der Waals surface area (Å²) >= 11 is 0. The van der Waals surface area contributed by atoms with E-state index in [1.807, 2.05) is 0 Å². The van der Waals surface area contributed by atoms with Crippen LogP contribution in [-0.4, -0.2) is 9.97 Å². The third-order valence-corrected chi connectivity index (χ3v) is 2.49. The van der Waals surface area contributed by atoms with E-state index in [2.05, 4.69) is 30.7 Å². The average molecular weight is 206 g/mol. The van der Waals surface area contributed by atoms with Crippen LogP contribution in [0.3, 0.4) is 0 Å². The summed E-state index contributed by atoms with van der Waals surface area (Å²) in [7, 11) is 0. The Morgan fingerprint density at radius 1 is 1.47 bits per heavy atom. The fraction of sp³-hybridized carbons (Fsp3) is 0.667. The normalized spacial score (nSPS) is 16.7. The van der Waals surface area contributed by atoms with E-state index in [9.17, 15) is 4.79 Å². The highest BCUT2D eigenvalue weighted by Crippen LogP contribution is 2.37. The lowest BCUT2D eigenvalue weighted by Gasteiger charge is -2.17. The van der Waals surface area contributed by atoms with E-state index in [-0.39, 0.29) is 11.0 Å². The minimum absolute atomic E-state index is 0.00819. The predicted molar refractivity (Wildman–Crippen MR) is 60.0 cm³/mol. The quantitative estimate of drug-likeness (QED) is 0.806. The predicted octanol–water partition coefficient (Wildman–Crippen LogP) is 2.24. The molecule has 0 radical (unpaired) electrons. The first kappa shape index (κ1) is 10.4. The van der Waals surface area contributed by atoms with Gasteiger partial charge in [-0.3, -0.25) is 4.79 Å². The standard InChI is InChI=1S/C12H18N2O/c1-12(2,3)7-9-6-10(15)14-11(13-9)8-4-5-8/h6,8H,4-5,7H2,1-3H3,(H,13,14,15). The molecule has 2 rings (SSSR count). The molecule has 0 spiro atoms. The molecular weight excluding hydrogens is 188 g/mol. The van der Waals surface area contributed by atoms with Crippen molar-refractivity contribution in [1.82, 2.24) is 9.97 Å². The molecule has 3 heteroatoms. The molecule has 0 atom stereocenters. The van der Waals surface area contributed by atoms with Crippen molar-refractivity contribution in [2.75, 3.05) is 0 Å². The van der Waals surface area contributed by atoms with E-state index < -0.39 is 0 Å². The SMILES string of the molecule is CC(C)(C)Cc1cc(=O)[nH]c(C2CC2)n1. The van der Waals surface area contributed by atoms with Gasteiger partial charge in [0.15, 0.2) is 0 Å². The molecule has 0 saturated heterocycles. The maximum atomic E-state index is 11.4. The highest BCUT2D eigenvalue weighted by Gasteiger charge is 2.26. The van der Waals surface area contributed by atoms with Crippen molar-refractivity contribution in [3.8, 4) is 0 Å². The fourth-order valence-corrected chi connectivity index (χ4v) is 1.71. The van der Waals surface area contributed by atoms with Crippen LogP contribution in [-0.2, 0) is 6.42 Å². The zero-order valence-corrected chi connectivity index (χ0v) is 9.63. The zero-order chi connectivity index (χ0) is 11.1. The molecule has 1 heterocycles. The van der Waals surface area contributed by atoms with Crippen molar-refractivity contribution in [3.63, 3.8) is 0 Å². The van der Waals surface area contributed by atoms with Gasteiger partial charge >= 0.3 is 0 Å². The topological polar surface area (TPSA) is 45.8 Å². The third-order valence-electron chi connectivity index (χ3n) is 2.49. The van der Waals surface area contributed by atoms with Gasteiger partial charge in [0.25, 0.3) is 5.56 Å². The van der Waals surface area contributed by atoms with Crippen LogP contribution in [0.5, 0.6) is 0 Å². The van der Waals surface area contributed by atoms with E-state index >= 15 is 0 Å². The second-order valence-electron chi connectivity index (χ2n) is 5.63. The Morgan fingerprint density at radius 2 is 2.13 bits per heavy atom. The van der Waals surface area contributed by atoms with E-state index in [1.54, 1.807) is 6.07 Å². The fourth-order valence-electron chi connectivity index (χ4n) is 1.71. The van der Waals surface area contributed by atoms with Crippen molar-refractivity contribution in [2.24, 2.45) is 5.41 Å². The molecule has 15 heavy (non-hydrogen) atoms. The first-order chi connectivity index (χ1) is 6.94. The lowest BCUT2D eigenvalue weighted by molar-refractivity contribution is 0.405. The van der Waals surface area contributed by atoms with Crippen LogP contribution in [0, 0.1) is 5.41 Å². The molecule has 1 aliphatic rings. The van der Waals surface area contributed by atoms with Crippen LogP contribution in [0.25, 0.3) is 0 Å². The summed E-state index contributed by atoms with van der Waals surface area (Å²) in [5.74, 6) is 1.40. The molecule has 1 aliphatic carbocycles. The summed E-state index contributed by atoms with van der Waals surface area (Å²) in [5, 5.41) is 0. The molecule has 0 amide bonds. The van der Waals surface area contributed by atoms with Gasteiger partial charge < -0.3 is 4.98 Å². The number of hydrogen-bond donors (Lipinski definition) is 1. The Balaban J connectivity index is 2.27. The maximum absolute atomic E-state index is 11.4. The number of nitrogens with one attached hydrogen (secondary N) is 1. The lowest BCUT2D eigenvalue weighted by Crippen LogP contribution is -2.17. The van der Waals surface area contributed by atoms with E-state index in [0.717, 1.165) is 17.9 Å². The van der Waals surface area contributed by atoms with Gasteiger partial charge in [0, 0.05) is 17.7 Å². The zero-order valence-electron chi connectivity index (χ0n) is 9.63. The Hall–Kier alpha value is -1.12. The lowest BCUT2D eigenvalue weighted by atomic mass is 9.90. The molecule has 1 fully saturated rings. The molecule has 1 aromatic rings. The molecule has 3 nitrogen and oxygen atoms in total. The van der Waals surface area contributed by atoms with Crippen LogP contribution in [0.1, 0.15) is 51.0 Å². The van der Waals surface area contributed by atoms with Crippen LogP contribution in [0.15, 0.2) is 10.9 Å². The second kappa shape index (κ2) is 3.47. The minimum Gasteiger partial charge on any atom is -0.310 e. The van der Waals surface area contributed by atoms with Gasteiger partial charge in [0.2, 0.25) is 0 Å². The van der Waals surface area contributed by atoms with E-state index in [1.165, 1.54) is 12.8 Å². The van der Waals surface area contributed by atoms with E-state index in [0.29, 0.717) is 5.92 Å². The van der Waals surface area contributed by atoms with Gasteiger partial charge in [-0.2, -0.15) is 0 Å². The minimum atomic E-state index is -0.00819. The number of H-pyrrole nitrogens is 1. The Kier molecular flexibility index (Phi) is 2.41. The van der Waals surface area contributed by atoms with Gasteiger partial charge in [0.05, 0.1) is 0 Å². The molecular formula is C12H18N2O. The number of aromatic nitrogens is 2. The third kappa shape index (κ3) is 2.91. The highest BCUT2D eigenvalue weighted by atomic mass is 16.1. The molecule has 0 aliphatic heterocycles. The van der Waals surface area contributed by atoms with Crippen molar-refractivity contribution >= 4 is 0 Å². The molecule has 0 bridgehead atoms. The summed E-state index contributed by atoms with van der Waals surface area (Å²) in [6, 6.07) is 1.62. The average Bonchev–Trinajstić information content (AvgIpc) is 2.80. The number of hydrogen-bond acceptors (Lipinski definition) is 2. The summed E-state index contributed by atoms with van der Waals surface area (Å²) in [6.07, 6.45) is 3.19. The summed E-state index contributed by atoms with van der Waals surface area (Å²) < 4.78 is 0. The van der Waals surface area contributed by atoms with Crippen LogP contribution in [0.4, 0.5) is 0 Å². The van der Waals surface area contributed by atoms with Crippen LogP contribution >= 0.6 is 0 Å². The first-order valence-electron chi connectivity index (χ1n) is 5.54. The molecule has 1 N–H and O–H groups in total. The highest BCUT2D eigenvalue weighted by molar-refractivity contribution is 5.11. The molecule has 1 saturated carbocycles. The van der Waals surface area contributed by atoms with Crippen molar-refractivity contribution in [3.05, 3.63) is 27.9 Å². The number of aromatic amines is 1. The summed E-state index contributed by atoms with van der Waals surface area (Å²) in [4.78, 5) is 18.8. The van der Waals surface area contributed by atoms with Gasteiger partial charge in [-0.1, -0.05) is 20.8 Å². The van der Waals surface area contributed by atoms with Gasteiger partial charge in [-0.05, 0) is 24.7 Å². The van der Waals surface area contributed by atoms with Crippen molar-refractivity contribution < 1.29 is 0 Å². The second-order valence-corrected chi connectivity index (χ2v) is 5.63. The van der Waals surface area contributed by atoms with Gasteiger partial charge in [0.1, 0.15) is 5.82 Å². The van der Waals surface area contributed by atoms with Gasteiger partial charge in [-0.15, -0.1) is 0 Å². The molecule has 0 unspecified atom stereocenters. The Bertz CT molecular complexity index is 410. The largest absolute Gasteiger partial charge is 0.310 e. The smallest absolute Gasteiger partial charge is 0.251 e. The monoisotopic (exact) mass is 206 g/mol. The number of rotatable bonds is 2. The first-order valence-corrected chi connectivity index (χ1v) is 5.54. The number of nitrogens with zero attached hydrogens (tertiary/aromatic N) is 1. The maximum Gasteiger partial charge on any atom is 0.251 e. The molecule has 0 aromatic carbocycles. The Labute approximate surface area is 89.9 Å². The summed E-state index contributed by atoms with van der Waals surface area (Å²) in [5.41, 5.74) is 1.10.